The van der Waals surface area contributed by atoms with E-state index in [1.165, 1.54) is 29.5 Å². The molecular formula is C19H14N2O6S. The number of hydrogen-bond donors (Lipinski definition) is 1. The number of aryl methyl sites for hydroxylation is 1. The zero-order chi connectivity index (χ0) is 19.5. The highest BCUT2D eigenvalue weighted by atomic mass is 32.1. The number of esters is 1. The molecule has 28 heavy (non-hydrogen) atoms. The van der Waals surface area contributed by atoms with Crippen LogP contribution in [-0.2, 0) is 22.6 Å². The van der Waals surface area contributed by atoms with Crippen LogP contribution < -0.4 is 5.63 Å². The highest BCUT2D eigenvalue weighted by molar-refractivity contribution is 7.08. The van der Waals surface area contributed by atoms with Crippen molar-refractivity contribution in [2.24, 2.45) is 0 Å². The molecule has 0 saturated carbocycles. The summed E-state index contributed by atoms with van der Waals surface area (Å²) in [4.78, 5) is 28.0. The Morgan fingerprint density at radius 1 is 1.25 bits per heavy atom. The minimum atomic E-state index is -0.587. The highest BCUT2D eigenvalue weighted by Crippen LogP contribution is 2.22. The molecule has 0 aliphatic rings. The number of ether oxygens (including phenoxy) is 1. The number of rotatable bonds is 6. The Morgan fingerprint density at radius 3 is 2.96 bits per heavy atom. The summed E-state index contributed by atoms with van der Waals surface area (Å²) in [7, 11) is 0. The molecule has 3 heterocycles. The molecule has 142 valence electrons. The van der Waals surface area contributed by atoms with Gasteiger partial charge in [-0.15, -0.1) is 0 Å². The van der Waals surface area contributed by atoms with E-state index in [1.54, 1.807) is 6.07 Å². The van der Waals surface area contributed by atoms with Crippen molar-refractivity contribution < 1.29 is 23.6 Å². The summed E-state index contributed by atoms with van der Waals surface area (Å²) in [5.74, 6) is 0.344. The zero-order valence-electron chi connectivity index (χ0n) is 14.5. The number of aromatic nitrogens is 2. The second-order valence-corrected chi connectivity index (χ2v) is 6.74. The number of thiophene rings is 1. The molecule has 0 aliphatic carbocycles. The van der Waals surface area contributed by atoms with Crippen molar-refractivity contribution in [2.45, 2.75) is 19.4 Å². The standard InChI is InChI=1S/C19H14N2O6S/c22-13-1-2-14-12(7-18(24)26-15(14)8-13)9-25-17(23)4-3-16-20-19(21-27-16)11-5-6-28-10-11/h1-2,5-8,10,22H,3-4,9H2. The molecule has 4 aromatic rings. The normalized spacial score (nSPS) is 11.0. The van der Waals surface area contributed by atoms with E-state index in [-0.39, 0.29) is 30.8 Å². The van der Waals surface area contributed by atoms with Gasteiger partial charge in [0.05, 0.1) is 6.42 Å². The average molecular weight is 398 g/mol. The lowest BCUT2D eigenvalue weighted by molar-refractivity contribution is -0.145. The Labute approximate surface area is 162 Å². The van der Waals surface area contributed by atoms with Gasteiger partial charge < -0.3 is 18.8 Å². The third kappa shape index (κ3) is 3.94. The van der Waals surface area contributed by atoms with Crippen molar-refractivity contribution in [3.63, 3.8) is 0 Å². The summed E-state index contributed by atoms with van der Waals surface area (Å²) in [6.45, 7) is -0.0876. The molecule has 0 fully saturated rings. The molecule has 8 nitrogen and oxygen atoms in total. The molecule has 0 spiro atoms. The van der Waals surface area contributed by atoms with Crippen molar-refractivity contribution in [1.29, 1.82) is 0 Å². The number of phenols is 1. The molecule has 0 unspecified atom stereocenters. The molecule has 3 aromatic heterocycles. The fraction of sp³-hybridized carbons (Fsp3) is 0.158. The van der Waals surface area contributed by atoms with Crippen LogP contribution in [0.5, 0.6) is 5.75 Å². The summed E-state index contributed by atoms with van der Waals surface area (Å²) in [5.41, 5.74) is 1.00. The van der Waals surface area contributed by atoms with Gasteiger partial charge in [-0.3, -0.25) is 4.79 Å². The molecule has 0 atom stereocenters. The van der Waals surface area contributed by atoms with E-state index < -0.39 is 11.6 Å². The van der Waals surface area contributed by atoms with Crippen LogP contribution in [0.3, 0.4) is 0 Å². The summed E-state index contributed by atoms with van der Waals surface area (Å²) in [5, 5.41) is 17.8. The van der Waals surface area contributed by atoms with Gasteiger partial charge in [0.25, 0.3) is 0 Å². The Hall–Kier alpha value is -3.46. The molecule has 0 bridgehead atoms. The highest BCUT2D eigenvalue weighted by Gasteiger charge is 2.13. The number of fused-ring (bicyclic) bond motifs is 1. The van der Waals surface area contributed by atoms with E-state index in [2.05, 4.69) is 10.1 Å². The largest absolute Gasteiger partial charge is 0.508 e. The second kappa shape index (κ2) is 7.65. The number of benzene rings is 1. The molecule has 0 saturated heterocycles. The lowest BCUT2D eigenvalue weighted by atomic mass is 10.1. The maximum Gasteiger partial charge on any atom is 0.336 e. The average Bonchev–Trinajstić information content (AvgIpc) is 3.35. The Balaban J connectivity index is 1.37. The Kier molecular flexibility index (Phi) is 4.90. The van der Waals surface area contributed by atoms with E-state index in [0.717, 1.165) is 5.56 Å². The SMILES string of the molecule is O=C(CCc1nc(-c2ccsc2)no1)OCc1cc(=O)oc2cc(O)ccc12. The van der Waals surface area contributed by atoms with Crippen molar-refractivity contribution in [3.8, 4) is 17.1 Å². The molecule has 0 amide bonds. The molecule has 1 aromatic carbocycles. The summed E-state index contributed by atoms with van der Waals surface area (Å²) in [6.07, 6.45) is 0.312. The van der Waals surface area contributed by atoms with Gasteiger partial charge in [-0.2, -0.15) is 16.3 Å². The number of hydrogen-bond acceptors (Lipinski definition) is 9. The van der Waals surface area contributed by atoms with Gasteiger partial charge in [-0.05, 0) is 23.6 Å². The molecule has 0 radical (unpaired) electrons. The fourth-order valence-corrected chi connectivity index (χ4v) is 3.28. The second-order valence-electron chi connectivity index (χ2n) is 5.96. The van der Waals surface area contributed by atoms with Crippen molar-refractivity contribution >= 4 is 28.3 Å². The number of carbonyl (C=O) groups excluding carboxylic acids is 1. The molecule has 0 aliphatic heterocycles. The smallest absolute Gasteiger partial charge is 0.336 e. The van der Waals surface area contributed by atoms with E-state index >= 15 is 0 Å². The van der Waals surface area contributed by atoms with E-state index in [0.29, 0.717) is 22.7 Å². The Morgan fingerprint density at radius 2 is 2.14 bits per heavy atom. The minimum absolute atomic E-state index is 0.0221. The van der Waals surface area contributed by atoms with E-state index in [4.69, 9.17) is 13.7 Å². The first kappa shape index (κ1) is 17.9. The quantitative estimate of drug-likeness (QED) is 0.389. The van der Waals surface area contributed by atoms with Gasteiger partial charge in [0.1, 0.15) is 17.9 Å². The van der Waals surface area contributed by atoms with Gasteiger partial charge >= 0.3 is 11.6 Å². The van der Waals surface area contributed by atoms with Crippen LogP contribution in [-0.4, -0.2) is 21.2 Å². The van der Waals surface area contributed by atoms with E-state index in [1.807, 2.05) is 16.8 Å². The topological polar surface area (TPSA) is 116 Å². The van der Waals surface area contributed by atoms with Crippen molar-refractivity contribution in [2.75, 3.05) is 0 Å². The third-order valence-electron chi connectivity index (χ3n) is 3.99. The first-order valence-corrected chi connectivity index (χ1v) is 9.29. The molecule has 1 N–H and O–H groups in total. The number of carbonyl (C=O) groups is 1. The number of nitrogens with zero attached hydrogens (tertiary/aromatic N) is 2. The maximum atomic E-state index is 12.0. The minimum Gasteiger partial charge on any atom is -0.508 e. The summed E-state index contributed by atoms with van der Waals surface area (Å²) < 4.78 is 15.4. The van der Waals surface area contributed by atoms with Crippen LogP contribution >= 0.6 is 11.3 Å². The van der Waals surface area contributed by atoms with Gasteiger partial charge in [0, 0.05) is 40.4 Å². The van der Waals surface area contributed by atoms with Crippen molar-refractivity contribution in [3.05, 3.63) is 63.0 Å². The lowest BCUT2D eigenvalue weighted by Crippen LogP contribution is -2.08. The fourth-order valence-electron chi connectivity index (χ4n) is 2.64. The monoisotopic (exact) mass is 398 g/mol. The lowest BCUT2D eigenvalue weighted by Gasteiger charge is -2.07. The van der Waals surface area contributed by atoms with Gasteiger partial charge in [0.2, 0.25) is 11.7 Å². The van der Waals surface area contributed by atoms with Crippen LogP contribution in [0.1, 0.15) is 17.9 Å². The number of aromatic hydroxyl groups is 1. The molecule has 4 rings (SSSR count). The van der Waals surface area contributed by atoms with Crippen LogP contribution in [0.4, 0.5) is 0 Å². The zero-order valence-corrected chi connectivity index (χ0v) is 15.3. The predicted octanol–water partition coefficient (Wildman–Crippen LogP) is 3.29. The summed E-state index contributed by atoms with van der Waals surface area (Å²) in [6, 6.07) is 7.55. The maximum absolute atomic E-state index is 12.0. The number of phenolic OH excluding ortho intramolecular Hbond substituents is 1. The van der Waals surface area contributed by atoms with Crippen molar-refractivity contribution in [1.82, 2.24) is 10.1 Å². The Bertz CT molecular complexity index is 1180. The van der Waals surface area contributed by atoms with Crippen LogP contribution in [0.2, 0.25) is 0 Å². The van der Waals surface area contributed by atoms with Crippen LogP contribution in [0, 0.1) is 0 Å². The van der Waals surface area contributed by atoms with Gasteiger partial charge in [-0.1, -0.05) is 5.16 Å². The third-order valence-corrected chi connectivity index (χ3v) is 4.68. The van der Waals surface area contributed by atoms with Gasteiger partial charge in [0.15, 0.2) is 0 Å². The van der Waals surface area contributed by atoms with Crippen LogP contribution in [0.15, 0.2) is 54.8 Å². The van der Waals surface area contributed by atoms with Gasteiger partial charge in [-0.25, -0.2) is 4.79 Å². The van der Waals surface area contributed by atoms with E-state index in [9.17, 15) is 14.7 Å². The van der Waals surface area contributed by atoms with Crippen LogP contribution in [0.25, 0.3) is 22.4 Å². The summed E-state index contributed by atoms with van der Waals surface area (Å²) >= 11 is 1.53. The first-order valence-electron chi connectivity index (χ1n) is 8.35. The molecule has 9 heteroatoms. The first-order chi connectivity index (χ1) is 13.6. The molecular weight excluding hydrogens is 384 g/mol. The predicted molar refractivity (Wildman–Crippen MR) is 99.9 cm³/mol.